The van der Waals surface area contributed by atoms with Crippen LogP contribution < -0.4 is 15.2 Å². The second kappa shape index (κ2) is 10.2. The van der Waals surface area contributed by atoms with Crippen LogP contribution in [-0.2, 0) is 16.1 Å². The molecule has 6 nitrogen and oxygen atoms in total. The number of hydrogen-bond acceptors (Lipinski definition) is 6. The Morgan fingerprint density at radius 3 is 2.40 bits per heavy atom. The molecular weight excluding hydrogens is 427 g/mol. The Morgan fingerprint density at radius 1 is 1.03 bits per heavy atom. The largest absolute Gasteiger partial charge is 0.485 e. The fraction of sp³-hybridized carbons (Fsp3) is 0.182. The number of hydrogen-bond donors (Lipinski definition) is 1. The number of carbonyl (C=O) groups excluding carboxylic acids is 1. The third kappa shape index (κ3) is 5.55. The molecule has 8 heteroatoms. The first kappa shape index (κ1) is 21.7. The highest BCUT2D eigenvalue weighted by atomic mass is 35.5. The second-order valence-corrected chi connectivity index (χ2v) is 7.03. The van der Waals surface area contributed by atoms with Gasteiger partial charge in [-0.15, -0.1) is 0 Å². The molecule has 156 valence electrons. The summed E-state index contributed by atoms with van der Waals surface area (Å²) in [6, 6.07) is 14.3. The van der Waals surface area contributed by atoms with Gasteiger partial charge < -0.3 is 19.9 Å². The maximum Gasteiger partial charge on any atom is 0.344 e. The lowest BCUT2D eigenvalue weighted by atomic mass is 10.1. The summed E-state index contributed by atoms with van der Waals surface area (Å²) in [4.78, 5) is 15.6. The Morgan fingerprint density at radius 2 is 1.73 bits per heavy atom. The molecule has 2 aromatic carbocycles. The van der Waals surface area contributed by atoms with E-state index in [1.165, 1.54) is 0 Å². The first-order valence-corrected chi connectivity index (χ1v) is 9.93. The Bertz CT molecular complexity index is 1010. The topological polar surface area (TPSA) is 83.7 Å². The number of carbonyl (C=O) groups is 1. The summed E-state index contributed by atoms with van der Waals surface area (Å²) >= 11 is 12.4. The zero-order chi connectivity index (χ0) is 21.5. The van der Waals surface area contributed by atoms with Crippen molar-refractivity contribution in [3.63, 3.8) is 0 Å². The number of rotatable bonds is 8. The van der Waals surface area contributed by atoms with Gasteiger partial charge in [-0.25, -0.2) is 9.78 Å². The fourth-order valence-electron chi connectivity index (χ4n) is 2.64. The molecule has 30 heavy (non-hydrogen) atoms. The highest BCUT2D eigenvalue weighted by Gasteiger charge is 2.10. The highest BCUT2D eigenvalue weighted by molar-refractivity contribution is 6.35. The van der Waals surface area contributed by atoms with Crippen LogP contribution >= 0.6 is 23.2 Å². The monoisotopic (exact) mass is 446 g/mol. The van der Waals surface area contributed by atoms with Crippen LogP contribution in [0.1, 0.15) is 12.5 Å². The summed E-state index contributed by atoms with van der Waals surface area (Å²) in [6.07, 6.45) is 1.65. The molecule has 0 saturated heterocycles. The van der Waals surface area contributed by atoms with E-state index in [0.29, 0.717) is 33.7 Å². The summed E-state index contributed by atoms with van der Waals surface area (Å²) in [7, 11) is 0. The van der Waals surface area contributed by atoms with E-state index in [0.717, 1.165) is 11.1 Å². The normalized spacial score (nSPS) is 10.5. The average Bonchev–Trinajstić information content (AvgIpc) is 2.74. The number of esters is 1. The van der Waals surface area contributed by atoms with E-state index in [1.807, 2.05) is 12.1 Å². The van der Waals surface area contributed by atoms with Gasteiger partial charge in [0, 0.05) is 27.4 Å². The van der Waals surface area contributed by atoms with Gasteiger partial charge in [0.05, 0.1) is 6.61 Å². The van der Waals surface area contributed by atoms with Gasteiger partial charge in [0.25, 0.3) is 0 Å². The summed E-state index contributed by atoms with van der Waals surface area (Å²) < 4.78 is 16.1. The van der Waals surface area contributed by atoms with E-state index in [4.69, 9.17) is 43.1 Å². The fourth-order valence-corrected chi connectivity index (χ4v) is 3.14. The predicted molar refractivity (Wildman–Crippen MR) is 117 cm³/mol. The van der Waals surface area contributed by atoms with E-state index >= 15 is 0 Å². The average molecular weight is 447 g/mol. The molecular formula is C22H20Cl2N2O4. The van der Waals surface area contributed by atoms with Gasteiger partial charge in [-0.1, -0.05) is 41.4 Å². The summed E-state index contributed by atoms with van der Waals surface area (Å²) in [5.41, 5.74) is 8.32. The lowest BCUT2D eigenvalue weighted by Gasteiger charge is -2.12. The lowest BCUT2D eigenvalue weighted by molar-refractivity contribution is -0.145. The number of nitrogens with two attached hydrogens (primary N) is 1. The summed E-state index contributed by atoms with van der Waals surface area (Å²) in [5, 5.41) is 1.03. The van der Waals surface area contributed by atoms with E-state index in [9.17, 15) is 4.79 Å². The standard InChI is InChI=1S/C22H20Cl2N2O4/c1-2-28-21(27)13-29-16-8-6-14(7-9-16)15-10-20(22(25)26-11-15)30-12-17-18(23)4-3-5-19(17)24/h3-11H,2,12-13H2,1H3,(H2,25,26). The van der Waals surface area contributed by atoms with Crippen LogP contribution in [0.2, 0.25) is 10.0 Å². The molecule has 3 rings (SSSR count). The van der Waals surface area contributed by atoms with Crippen LogP contribution in [0.4, 0.5) is 5.82 Å². The number of anilines is 1. The zero-order valence-electron chi connectivity index (χ0n) is 16.2. The molecule has 2 N–H and O–H groups in total. The maximum atomic E-state index is 11.4. The summed E-state index contributed by atoms with van der Waals surface area (Å²) in [5.74, 6) is 0.826. The van der Waals surface area contributed by atoms with Crippen LogP contribution in [0.15, 0.2) is 54.7 Å². The number of aromatic nitrogens is 1. The third-order valence-corrected chi connectivity index (χ3v) is 4.87. The van der Waals surface area contributed by atoms with Crippen molar-refractivity contribution >= 4 is 35.0 Å². The first-order chi connectivity index (χ1) is 14.5. The molecule has 0 saturated carbocycles. The van der Waals surface area contributed by atoms with Crippen molar-refractivity contribution in [2.45, 2.75) is 13.5 Å². The Kier molecular flexibility index (Phi) is 7.38. The second-order valence-electron chi connectivity index (χ2n) is 6.21. The Hall–Kier alpha value is -2.96. The van der Waals surface area contributed by atoms with Crippen LogP contribution in [0.3, 0.4) is 0 Å². The molecule has 0 spiro atoms. The number of benzene rings is 2. The molecule has 0 bridgehead atoms. The third-order valence-electron chi connectivity index (χ3n) is 4.17. The van der Waals surface area contributed by atoms with Crippen LogP contribution in [0.5, 0.6) is 11.5 Å². The van der Waals surface area contributed by atoms with Gasteiger partial charge in [-0.05, 0) is 42.8 Å². The number of nitrogens with zero attached hydrogens (tertiary/aromatic N) is 1. The predicted octanol–water partition coefficient (Wildman–Crippen LogP) is 5.16. The van der Waals surface area contributed by atoms with E-state index in [2.05, 4.69) is 4.98 Å². The molecule has 3 aromatic rings. The van der Waals surface area contributed by atoms with Gasteiger partial charge in [-0.2, -0.15) is 0 Å². The van der Waals surface area contributed by atoms with Crippen molar-refractivity contribution in [3.05, 3.63) is 70.3 Å². The lowest BCUT2D eigenvalue weighted by Crippen LogP contribution is -2.14. The van der Waals surface area contributed by atoms with E-state index in [-0.39, 0.29) is 19.0 Å². The SMILES string of the molecule is CCOC(=O)COc1ccc(-c2cnc(N)c(OCc3c(Cl)cccc3Cl)c2)cc1. The maximum absolute atomic E-state index is 11.4. The highest BCUT2D eigenvalue weighted by Crippen LogP contribution is 2.31. The summed E-state index contributed by atoms with van der Waals surface area (Å²) in [6.45, 7) is 2.08. The molecule has 1 aromatic heterocycles. The molecule has 0 aliphatic carbocycles. The van der Waals surface area contributed by atoms with Crippen molar-refractivity contribution in [2.24, 2.45) is 0 Å². The van der Waals surface area contributed by atoms with Gasteiger partial charge in [-0.3, -0.25) is 0 Å². The van der Waals surface area contributed by atoms with Crippen molar-refractivity contribution < 1.29 is 19.0 Å². The van der Waals surface area contributed by atoms with Crippen LogP contribution in [0, 0.1) is 0 Å². The molecule has 0 aliphatic rings. The van der Waals surface area contributed by atoms with Crippen molar-refractivity contribution in [1.29, 1.82) is 0 Å². The minimum Gasteiger partial charge on any atom is -0.485 e. The molecule has 0 atom stereocenters. The van der Waals surface area contributed by atoms with Crippen molar-refractivity contribution in [2.75, 3.05) is 18.9 Å². The van der Waals surface area contributed by atoms with E-state index in [1.54, 1.807) is 49.5 Å². The molecule has 0 amide bonds. The van der Waals surface area contributed by atoms with Gasteiger partial charge in [0.2, 0.25) is 0 Å². The van der Waals surface area contributed by atoms with Gasteiger partial charge >= 0.3 is 5.97 Å². The number of halogens is 2. The minimum absolute atomic E-state index is 0.140. The minimum atomic E-state index is -0.412. The number of ether oxygens (including phenoxy) is 3. The van der Waals surface area contributed by atoms with Gasteiger partial charge in [0.15, 0.2) is 18.2 Å². The van der Waals surface area contributed by atoms with Crippen LogP contribution in [0.25, 0.3) is 11.1 Å². The molecule has 0 radical (unpaired) electrons. The van der Waals surface area contributed by atoms with Crippen molar-refractivity contribution in [3.8, 4) is 22.6 Å². The van der Waals surface area contributed by atoms with Crippen molar-refractivity contribution in [1.82, 2.24) is 4.98 Å². The number of nitrogen functional groups attached to an aromatic ring is 1. The number of pyridine rings is 1. The first-order valence-electron chi connectivity index (χ1n) is 9.18. The van der Waals surface area contributed by atoms with Gasteiger partial charge in [0.1, 0.15) is 12.4 Å². The molecule has 1 heterocycles. The van der Waals surface area contributed by atoms with Crippen LogP contribution in [-0.4, -0.2) is 24.2 Å². The molecule has 0 fully saturated rings. The molecule has 0 unspecified atom stereocenters. The van der Waals surface area contributed by atoms with E-state index < -0.39 is 5.97 Å². The molecule has 0 aliphatic heterocycles. The smallest absolute Gasteiger partial charge is 0.344 e. The zero-order valence-corrected chi connectivity index (χ0v) is 17.7. The Labute approximate surface area is 184 Å². The quantitative estimate of drug-likeness (QED) is 0.481. The Balaban J connectivity index is 1.71.